The smallest absolute Gasteiger partial charge is 0.228 e. The molecule has 0 aliphatic carbocycles. The van der Waals surface area contributed by atoms with Gasteiger partial charge >= 0.3 is 0 Å². The number of fused-ring (bicyclic) bond motifs is 1. The SMILES string of the molecule is NCC(=O)c1ccc2c(c1)CC(=O)N2. The van der Waals surface area contributed by atoms with E-state index in [1.807, 2.05) is 0 Å². The molecule has 2 rings (SSSR count). The van der Waals surface area contributed by atoms with Crippen molar-refractivity contribution in [3.8, 4) is 0 Å². The molecule has 4 heteroatoms. The maximum absolute atomic E-state index is 11.3. The second-order valence-electron chi connectivity index (χ2n) is 3.22. The van der Waals surface area contributed by atoms with Gasteiger partial charge in [-0.15, -0.1) is 0 Å². The first-order chi connectivity index (χ1) is 6.70. The number of amides is 1. The zero-order chi connectivity index (χ0) is 10.1. The van der Waals surface area contributed by atoms with Crippen LogP contribution >= 0.6 is 0 Å². The van der Waals surface area contributed by atoms with Crippen molar-refractivity contribution in [3.05, 3.63) is 29.3 Å². The van der Waals surface area contributed by atoms with Crippen molar-refractivity contribution in [2.24, 2.45) is 5.73 Å². The molecule has 0 saturated heterocycles. The normalized spacial score (nSPS) is 13.6. The summed E-state index contributed by atoms with van der Waals surface area (Å²) in [6.07, 6.45) is 0.348. The Morgan fingerprint density at radius 3 is 3.00 bits per heavy atom. The molecule has 0 atom stereocenters. The molecule has 0 aromatic heterocycles. The molecule has 1 aliphatic heterocycles. The number of ketones is 1. The maximum atomic E-state index is 11.3. The molecule has 3 N–H and O–H groups in total. The summed E-state index contributed by atoms with van der Waals surface area (Å²) in [6, 6.07) is 5.14. The van der Waals surface area contributed by atoms with Crippen LogP contribution in [0.25, 0.3) is 0 Å². The topological polar surface area (TPSA) is 72.2 Å². The Balaban J connectivity index is 2.37. The second-order valence-corrected chi connectivity index (χ2v) is 3.22. The number of Topliss-reactive ketones (excluding diaryl/α,β-unsaturated/α-hetero) is 1. The highest BCUT2D eigenvalue weighted by atomic mass is 16.1. The lowest BCUT2D eigenvalue weighted by Gasteiger charge is -2.01. The van der Waals surface area contributed by atoms with Gasteiger partial charge in [0.25, 0.3) is 0 Å². The Morgan fingerprint density at radius 2 is 2.29 bits per heavy atom. The average molecular weight is 190 g/mol. The van der Waals surface area contributed by atoms with Gasteiger partial charge in [-0.1, -0.05) is 0 Å². The van der Waals surface area contributed by atoms with Crippen LogP contribution in [0.3, 0.4) is 0 Å². The fourth-order valence-electron chi connectivity index (χ4n) is 1.52. The summed E-state index contributed by atoms with van der Waals surface area (Å²) in [5.74, 6) is -0.135. The van der Waals surface area contributed by atoms with Crippen LogP contribution in [-0.4, -0.2) is 18.2 Å². The van der Waals surface area contributed by atoms with E-state index in [2.05, 4.69) is 5.32 Å². The number of hydrogen-bond acceptors (Lipinski definition) is 3. The first-order valence-corrected chi connectivity index (χ1v) is 4.37. The van der Waals surface area contributed by atoms with E-state index < -0.39 is 0 Å². The van der Waals surface area contributed by atoms with E-state index in [1.165, 1.54) is 0 Å². The summed E-state index contributed by atoms with van der Waals surface area (Å²) in [5, 5.41) is 2.70. The van der Waals surface area contributed by atoms with E-state index in [4.69, 9.17) is 5.73 Å². The van der Waals surface area contributed by atoms with Crippen molar-refractivity contribution >= 4 is 17.4 Å². The molecule has 0 saturated carbocycles. The zero-order valence-electron chi connectivity index (χ0n) is 7.54. The van der Waals surface area contributed by atoms with E-state index in [1.54, 1.807) is 18.2 Å². The Labute approximate surface area is 81.1 Å². The molecule has 0 unspecified atom stereocenters. The van der Waals surface area contributed by atoms with Crippen LogP contribution < -0.4 is 11.1 Å². The van der Waals surface area contributed by atoms with Crippen molar-refractivity contribution in [1.82, 2.24) is 0 Å². The Morgan fingerprint density at radius 1 is 1.50 bits per heavy atom. The molecule has 1 amide bonds. The van der Waals surface area contributed by atoms with Gasteiger partial charge in [-0.05, 0) is 23.8 Å². The third kappa shape index (κ3) is 1.40. The quantitative estimate of drug-likeness (QED) is 0.660. The molecule has 0 fully saturated rings. The van der Waals surface area contributed by atoms with E-state index >= 15 is 0 Å². The summed E-state index contributed by atoms with van der Waals surface area (Å²) in [5.41, 5.74) is 7.48. The van der Waals surface area contributed by atoms with Crippen LogP contribution in [-0.2, 0) is 11.2 Å². The summed E-state index contributed by atoms with van der Waals surface area (Å²) in [4.78, 5) is 22.3. The molecule has 0 bridgehead atoms. The summed E-state index contributed by atoms with van der Waals surface area (Å²) in [6.45, 7) is 0.000160. The minimum Gasteiger partial charge on any atom is -0.326 e. The largest absolute Gasteiger partial charge is 0.326 e. The van der Waals surface area contributed by atoms with E-state index in [-0.39, 0.29) is 18.2 Å². The van der Waals surface area contributed by atoms with Gasteiger partial charge in [0, 0.05) is 11.3 Å². The third-order valence-electron chi connectivity index (χ3n) is 2.24. The molecule has 1 aliphatic rings. The lowest BCUT2D eigenvalue weighted by Crippen LogP contribution is -2.13. The molecule has 14 heavy (non-hydrogen) atoms. The third-order valence-corrected chi connectivity index (χ3v) is 2.24. The number of carbonyl (C=O) groups is 2. The maximum Gasteiger partial charge on any atom is 0.228 e. The number of anilines is 1. The van der Waals surface area contributed by atoms with Crippen LogP contribution in [0.5, 0.6) is 0 Å². The molecular weight excluding hydrogens is 180 g/mol. The summed E-state index contributed by atoms with van der Waals surface area (Å²) < 4.78 is 0. The molecule has 72 valence electrons. The van der Waals surface area contributed by atoms with Crippen molar-refractivity contribution < 1.29 is 9.59 Å². The predicted octanol–water partition coefficient (Wildman–Crippen LogP) is 0.323. The summed E-state index contributed by atoms with van der Waals surface area (Å²) >= 11 is 0. The van der Waals surface area contributed by atoms with Crippen LogP contribution in [0.2, 0.25) is 0 Å². The average Bonchev–Trinajstić information content (AvgIpc) is 2.55. The minimum atomic E-state index is -0.104. The van der Waals surface area contributed by atoms with Crippen molar-refractivity contribution in [3.63, 3.8) is 0 Å². The number of benzene rings is 1. The van der Waals surface area contributed by atoms with Crippen LogP contribution in [0.4, 0.5) is 5.69 Å². The minimum absolute atomic E-state index is 0.000160. The molecule has 1 heterocycles. The van der Waals surface area contributed by atoms with E-state index in [0.717, 1.165) is 11.3 Å². The number of carbonyl (C=O) groups excluding carboxylic acids is 2. The zero-order valence-corrected chi connectivity index (χ0v) is 7.54. The summed E-state index contributed by atoms with van der Waals surface area (Å²) in [7, 11) is 0. The van der Waals surface area contributed by atoms with Gasteiger partial charge < -0.3 is 11.1 Å². The van der Waals surface area contributed by atoms with Gasteiger partial charge in [-0.3, -0.25) is 9.59 Å². The lowest BCUT2D eigenvalue weighted by molar-refractivity contribution is -0.115. The standard InChI is InChI=1S/C10H10N2O2/c11-5-9(13)6-1-2-8-7(3-6)4-10(14)12-8/h1-3H,4-5,11H2,(H,12,14). The Hall–Kier alpha value is -1.68. The van der Waals surface area contributed by atoms with Gasteiger partial charge in [0.1, 0.15) is 0 Å². The highest BCUT2D eigenvalue weighted by Gasteiger charge is 2.18. The number of nitrogens with one attached hydrogen (secondary N) is 1. The van der Waals surface area contributed by atoms with Crippen LogP contribution in [0.15, 0.2) is 18.2 Å². The van der Waals surface area contributed by atoms with Crippen molar-refractivity contribution in [2.45, 2.75) is 6.42 Å². The fourth-order valence-corrected chi connectivity index (χ4v) is 1.52. The first-order valence-electron chi connectivity index (χ1n) is 4.37. The van der Waals surface area contributed by atoms with Crippen LogP contribution in [0.1, 0.15) is 15.9 Å². The monoisotopic (exact) mass is 190 g/mol. The second kappa shape index (κ2) is 3.23. The highest BCUT2D eigenvalue weighted by molar-refractivity contribution is 6.02. The van der Waals surface area contributed by atoms with Gasteiger partial charge in [-0.25, -0.2) is 0 Å². The number of rotatable bonds is 2. The number of hydrogen-bond donors (Lipinski definition) is 2. The van der Waals surface area contributed by atoms with Gasteiger partial charge in [0.2, 0.25) is 5.91 Å². The lowest BCUT2D eigenvalue weighted by atomic mass is 10.1. The fraction of sp³-hybridized carbons (Fsp3) is 0.200. The molecule has 0 spiro atoms. The van der Waals surface area contributed by atoms with Crippen LogP contribution in [0, 0.1) is 0 Å². The van der Waals surface area contributed by atoms with Gasteiger partial charge in [-0.2, -0.15) is 0 Å². The molecule has 1 aromatic carbocycles. The Bertz CT molecular complexity index is 413. The van der Waals surface area contributed by atoms with E-state index in [0.29, 0.717) is 12.0 Å². The van der Waals surface area contributed by atoms with Gasteiger partial charge in [0.15, 0.2) is 5.78 Å². The van der Waals surface area contributed by atoms with Gasteiger partial charge in [0.05, 0.1) is 13.0 Å². The first kappa shape index (κ1) is 8.90. The molecule has 0 radical (unpaired) electrons. The predicted molar refractivity (Wildman–Crippen MR) is 52.2 cm³/mol. The molecular formula is C10H10N2O2. The number of nitrogens with two attached hydrogens (primary N) is 1. The van der Waals surface area contributed by atoms with E-state index in [9.17, 15) is 9.59 Å². The highest BCUT2D eigenvalue weighted by Crippen LogP contribution is 2.23. The Kier molecular flexibility index (Phi) is 2.05. The van der Waals surface area contributed by atoms with Crippen molar-refractivity contribution in [2.75, 3.05) is 11.9 Å². The molecule has 4 nitrogen and oxygen atoms in total. The van der Waals surface area contributed by atoms with Crippen molar-refractivity contribution in [1.29, 1.82) is 0 Å². The molecule has 1 aromatic rings.